The van der Waals surface area contributed by atoms with Crippen LogP contribution >= 0.6 is 0 Å². The van der Waals surface area contributed by atoms with E-state index >= 15 is 0 Å². The molecule has 4 nitrogen and oxygen atoms in total. The molecular formula is C20H34O4. The van der Waals surface area contributed by atoms with E-state index in [0.29, 0.717) is 12.8 Å². The molecule has 0 aromatic carbocycles. The Balaban J connectivity index is 0. The zero-order valence-electron chi connectivity index (χ0n) is 17.5. The standard InChI is InChI=1S/C9H14O2.C9H12O2.2CH4/c2*1-4-9(5-2)7(3)6-8(10)11-9;;/h1,7-8,10H,5-6H2,2-3H3;1,7H,5-6H2,2-3H3;2*1H4/t7-,8?,9+;7-,9+;;/m00../s1/i2*6D2;;. The van der Waals surface area contributed by atoms with Crippen molar-refractivity contribution in [3.63, 3.8) is 0 Å². The third-order valence-corrected chi connectivity index (χ3v) is 4.26. The molecule has 1 unspecified atom stereocenters. The molecule has 2 fully saturated rings. The van der Waals surface area contributed by atoms with Gasteiger partial charge in [-0.3, -0.25) is 4.79 Å². The smallest absolute Gasteiger partial charge is 0.307 e. The Morgan fingerprint density at radius 3 is 1.88 bits per heavy atom. The molecule has 24 heavy (non-hydrogen) atoms. The van der Waals surface area contributed by atoms with Crippen LogP contribution in [0.5, 0.6) is 0 Å². The Hall–Kier alpha value is -1.49. The van der Waals surface area contributed by atoms with Crippen molar-refractivity contribution in [3.8, 4) is 24.7 Å². The van der Waals surface area contributed by atoms with Crippen LogP contribution in [-0.4, -0.2) is 28.6 Å². The summed E-state index contributed by atoms with van der Waals surface area (Å²) in [6.07, 6.45) is 6.37. The van der Waals surface area contributed by atoms with Gasteiger partial charge in [-0.05, 0) is 12.8 Å². The molecular weight excluding hydrogens is 304 g/mol. The number of terminal acetylenes is 2. The van der Waals surface area contributed by atoms with E-state index in [1.807, 2.05) is 6.92 Å². The maximum atomic E-state index is 11.1. The Kier molecular flexibility index (Phi) is 7.02. The lowest BCUT2D eigenvalue weighted by molar-refractivity contribution is -0.145. The third-order valence-electron chi connectivity index (χ3n) is 4.26. The highest BCUT2D eigenvalue weighted by Gasteiger charge is 2.44. The van der Waals surface area contributed by atoms with Crippen LogP contribution in [0.1, 0.15) is 73.6 Å². The van der Waals surface area contributed by atoms with Crippen LogP contribution in [0.4, 0.5) is 0 Å². The normalized spacial score (nSPS) is 43.5. The molecule has 0 spiro atoms. The number of hydrogen-bond acceptors (Lipinski definition) is 4. The third kappa shape index (κ3) is 4.76. The first kappa shape index (κ1) is 17.3. The van der Waals surface area contributed by atoms with Crippen LogP contribution < -0.4 is 0 Å². The van der Waals surface area contributed by atoms with Gasteiger partial charge < -0.3 is 14.6 Å². The molecule has 2 aliphatic heterocycles. The first-order valence-corrected chi connectivity index (χ1v) is 7.36. The van der Waals surface area contributed by atoms with Gasteiger partial charge in [0, 0.05) is 23.7 Å². The number of carbonyl (C=O) groups is 1. The summed E-state index contributed by atoms with van der Waals surface area (Å²) in [5.74, 6) is 2.88. The summed E-state index contributed by atoms with van der Waals surface area (Å²) in [6, 6.07) is 0. The van der Waals surface area contributed by atoms with Gasteiger partial charge in [0.15, 0.2) is 11.9 Å². The van der Waals surface area contributed by atoms with Crippen molar-refractivity contribution in [2.45, 2.75) is 85.6 Å². The number of rotatable bonds is 2. The van der Waals surface area contributed by atoms with Crippen LogP contribution in [-0.2, 0) is 14.3 Å². The Morgan fingerprint density at radius 1 is 1.21 bits per heavy atom. The van der Waals surface area contributed by atoms with Gasteiger partial charge in [-0.25, -0.2) is 0 Å². The molecule has 138 valence electrons. The van der Waals surface area contributed by atoms with Crippen molar-refractivity contribution in [1.29, 1.82) is 0 Å². The molecule has 0 aliphatic carbocycles. The average molecular weight is 343 g/mol. The molecule has 2 heterocycles. The molecule has 0 aromatic heterocycles. The van der Waals surface area contributed by atoms with E-state index < -0.39 is 48.0 Å². The summed E-state index contributed by atoms with van der Waals surface area (Å²) < 4.78 is 40.1. The van der Waals surface area contributed by atoms with E-state index in [1.54, 1.807) is 20.8 Å². The van der Waals surface area contributed by atoms with Crippen LogP contribution in [0.25, 0.3) is 0 Å². The predicted octanol–water partition coefficient (Wildman–Crippen LogP) is 3.77. The highest BCUT2D eigenvalue weighted by atomic mass is 16.6. The van der Waals surface area contributed by atoms with Gasteiger partial charge in [-0.2, -0.15) is 0 Å². The second kappa shape index (κ2) is 9.72. The van der Waals surface area contributed by atoms with Gasteiger partial charge in [-0.1, -0.05) is 54.4 Å². The molecule has 2 aliphatic rings. The molecule has 0 bridgehead atoms. The largest absolute Gasteiger partial charge is 0.446 e. The minimum absolute atomic E-state index is 0. The summed E-state index contributed by atoms with van der Waals surface area (Å²) in [4.78, 5) is 11.1. The molecule has 4 heteroatoms. The Labute approximate surface area is 153 Å². The number of aliphatic hydroxyl groups excluding tert-OH is 1. The summed E-state index contributed by atoms with van der Waals surface area (Å²) >= 11 is 0. The highest BCUT2D eigenvalue weighted by molar-refractivity contribution is 5.73. The van der Waals surface area contributed by atoms with E-state index in [2.05, 4.69) is 11.8 Å². The zero-order valence-corrected chi connectivity index (χ0v) is 13.5. The monoisotopic (exact) mass is 342 g/mol. The van der Waals surface area contributed by atoms with Crippen LogP contribution in [0.15, 0.2) is 0 Å². The summed E-state index contributed by atoms with van der Waals surface area (Å²) in [6.45, 7) is 6.88. The van der Waals surface area contributed by atoms with Crippen LogP contribution in [0.2, 0.25) is 0 Å². The van der Waals surface area contributed by atoms with Crippen LogP contribution in [0, 0.1) is 36.5 Å². The summed E-state index contributed by atoms with van der Waals surface area (Å²) in [7, 11) is 0. The van der Waals surface area contributed by atoms with Crippen molar-refractivity contribution < 1.29 is 24.9 Å². The Bertz CT molecular complexity index is 637. The maximum absolute atomic E-state index is 11.1. The predicted molar refractivity (Wildman–Crippen MR) is 97.9 cm³/mol. The quantitative estimate of drug-likeness (QED) is 0.613. The number of carbonyl (C=O) groups excluding carboxylic acids is 1. The van der Waals surface area contributed by atoms with E-state index in [0.717, 1.165) is 0 Å². The molecule has 5 atom stereocenters. The number of esters is 1. The fraction of sp³-hybridized carbons (Fsp3) is 0.750. The van der Waals surface area contributed by atoms with E-state index in [1.165, 1.54) is 0 Å². The number of cyclic esters (lactones) is 1. The first-order chi connectivity index (χ1) is 11.8. The topological polar surface area (TPSA) is 55.8 Å². The number of hydrogen-bond donors (Lipinski definition) is 1. The van der Waals surface area contributed by atoms with Gasteiger partial charge in [0.2, 0.25) is 0 Å². The van der Waals surface area contributed by atoms with Crippen molar-refractivity contribution in [3.05, 3.63) is 0 Å². The minimum Gasteiger partial charge on any atom is -0.446 e. The summed E-state index contributed by atoms with van der Waals surface area (Å²) in [5, 5.41) is 9.33. The van der Waals surface area contributed by atoms with E-state index in [-0.39, 0.29) is 14.9 Å². The fourth-order valence-electron chi connectivity index (χ4n) is 2.55. The lowest BCUT2D eigenvalue weighted by Gasteiger charge is -2.24. The van der Waals surface area contributed by atoms with Gasteiger partial charge >= 0.3 is 5.97 Å². The average Bonchev–Trinajstić information content (AvgIpc) is 2.90. The van der Waals surface area contributed by atoms with Crippen molar-refractivity contribution >= 4 is 5.97 Å². The van der Waals surface area contributed by atoms with Gasteiger partial charge in [0.25, 0.3) is 0 Å². The molecule has 0 radical (unpaired) electrons. The van der Waals surface area contributed by atoms with Crippen molar-refractivity contribution in [1.82, 2.24) is 0 Å². The van der Waals surface area contributed by atoms with Gasteiger partial charge in [0.1, 0.15) is 5.60 Å². The number of aliphatic hydroxyl groups is 1. The molecule has 1 N–H and O–H groups in total. The molecule has 0 saturated carbocycles. The number of ether oxygens (including phenoxy) is 2. The van der Waals surface area contributed by atoms with Gasteiger partial charge in [-0.15, -0.1) is 12.8 Å². The minimum atomic E-state index is -1.96. The second-order valence-electron chi connectivity index (χ2n) is 5.39. The first-order valence-electron chi connectivity index (χ1n) is 9.36. The molecule has 0 amide bonds. The van der Waals surface area contributed by atoms with Crippen LogP contribution in [0.3, 0.4) is 0 Å². The lowest BCUT2D eigenvalue weighted by Crippen LogP contribution is -2.31. The molecule has 2 saturated heterocycles. The lowest BCUT2D eigenvalue weighted by atomic mass is 9.87. The second-order valence-corrected chi connectivity index (χ2v) is 5.39. The maximum Gasteiger partial charge on any atom is 0.307 e. The molecule has 2 rings (SSSR count). The van der Waals surface area contributed by atoms with Crippen molar-refractivity contribution in [2.75, 3.05) is 0 Å². The van der Waals surface area contributed by atoms with Crippen molar-refractivity contribution in [2.24, 2.45) is 11.8 Å². The zero-order chi connectivity index (χ0) is 20.6. The summed E-state index contributed by atoms with van der Waals surface area (Å²) in [5.41, 5.74) is -2.01. The SMILES string of the molecule is C.C.[2H]C1([2H])C(=O)O[C@](C#C)(CC)[C@H]1C.[2H]C1([2H])C(O)O[C@](C#C)(CC)[C@H]1C. The Morgan fingerprint density at radius 2 is 1.71 bits per heavy atom. The molecule has 0 aromatic rings. The van der Waals surface area contributed by atoms with Gasteiger partial charge in [0.05, 0.1) is 6.37 Å². The fourth-order valence-corrected chi connectivity index (χ4v) is 2.55. The van der Waals surface area contributed by atoms with E-state index in [4.69, 9.17) is 27.8 Å². The van der Waals surface area contributed by atoms with E-state index in [9.17, 15) is 9.90 Å². The highest BCUT2D eigenvalue weighted by Crippen LogP contribution is 2.37.